The van der Waals surface area contributed by atoms with E-state index in [-0.39, 0.29) is 18.2 Å². The van der Waals surface area contributed by atoms with Crippen LogP contribution in [0.1, 0.15) is 33.6 Å². The van der Waals surface area contributed by atoms with Gasteiger partial charge >= 0.3 is 12.1 Å². The summed E-state index contributed by atoms with van der Waals surface area (Å²) in [5.41, 5.74) is -0.479. The molecule has 1 aliphatic rings. The van der Waals surface area contributed by atoms with Crippen LogP contribution in [0.4, 0.5) is 9.59 Å². The zero-order valence-electron chi connectivity index (χ0n) is 13.4. The fraction of sp³-hybridized carbons (Fsp3) is 0.857. The highest BCUT2D eigenvalue weighted by Gasteiger charge is 2.27. The average molecular weight is 301 g/mol. The van der Waals surface area contributed by atoms with Crippen LogP contribution in [-0.2, 0) is 9.47 Å². The summed E-state index contributed by atoms with van der Waals surface area (Å²) in [6.07, 6.45) is 1.18. The van der Waals surface area contributed by atoms with E-state index in [4.69, 9.17) is 9.47 Å². The molecule has 0 saturated carbocycles. The van der Waals surface area contributed by atoms with Crippen LogP contribution in [0.5, 0.6) is 0 Å². The lowest BCUT2D eigenvalue weighted by molar-refractivity contribution is 0.0201. The minimum Gasteiger partial charge on any atom is -0.444 e. The Labute approximate surface area is 126 Å². The number of amides is 3. The molecule has 3 amide bonds. The highest BCUT2D eigenvalue weighted by atomic mass is 16.6. The lowest BCUT2D eigenvalue weighted by Crippen LogP contribution is -2.50. The molecule has 7 heteroatoms. The van der Waals surface area contributed by atoms with Gasteiger partial charge in [-0.05, 0) is 33.6 Å². The summed E-state index contributed by atoms with van der Waals surface area (Å²) in [5.74, 6) is 0. The Morgan fingerprint density at radius 2 is 1.86 bits per heavy atom. The molecule has 1 aliphatic heterocycles. The third kappa shape index (κ3) is 7.17. The Morgan fingerprint density at radius 3 is 2.38 bits per heavy atom. The number of likely N-dealkylation sites (tertiary alicyclic amines) is 1. The molecule has 1 rings (SSSR count). The first-order valence-electron chi connectivity index (χ1n) is 7.33. The SMILES string of the molecule is COCCNC(=O)NC1CCN(C(=O)OC(C)(C)C)CC1. The second-order valence-corrected chi connectivity index (χ2v) is 6.13. The third-order valence-electron chi connectivity index (χ3n) is 3.07. The third-order valence-corrected chi connectivity index (χ3v) is 3.07. The molecule has 0 radical (unpaired) electrons. The van der Waals surface area contributed by atoms with E-state index >= 15 is 0 Å². The van der Waals surface area contributed by atoms with Crippen molar-refractivity contribution in [1.29, 1.82) is 0 Å². The minimum atomic E-state index is -0.479. The Morgan fingerprint density at radius 1 is 1.24 bits per heavy atom. The van der Waals surface area contributed by atoms with Crippen LogP contribution in [0.2, 0.25) is 0 Å². The lowest BCUT2D eigenvalue weighted by Gasteiger charge is -2.33. The van der Waals surface area contributed by atoms with Crippen molar-refractivity contribution in [3.8, 4) is 0 Å². The number of urea groups is 1. The van der Waals surface area contributed by atoms with Gasteiger partial charge in [0.15, 0.2) is 0 Å². The van der Waals surface area contributed by atoms with Gasteiger partial charge in [0.1, 0.15) is 5.60 Å². The van der Waals surface area contributed by atoms with Crippen molar-refractivity contribution < 1.29 is 19.1 Å². The number of hydrogen-bond acceptors (Lipinski definition) is 4. The topological polar surface area (TPSA) is 79.9 Å². The molecule has 0 atom stereocenters. The van der Waals surface area contributed by atoms with Gasteiger partial charge in [0.05, 0.1) is 6.61 Å². The summed E-state index contributed by atoms with van der Waals surface area (Å²) >= 11 is 0. The maximum absolute atomic E-state index is 11.9. The van der Waals surface area contributed by atoms with E-state index in [0.717, 1.165) is 12.8 Å². The monoisotopic (exact) mass is 301 g/mol. The molecule has 1 heterocycles. The molecule has 0 aliphatic carbocycles. The van der Waals surface area contributed by atoms with Crippen LogP contribution < -0.4 is 10.6 Å². The molecule has 1 saturated heterocycles. The molecular weight excluding hydrogens is 274 g/mol. The normalized spacial score (nSPS) is 16.5. The van der Waals surface area contributed by atoms with E-state index in [9.17, 15) is 9.59 Å². The molecule has 7 nitrogen and oxygen atoms in total. The Balaban J connectivity index is 2.26. The van der Waals surface area contributed by atoms with Gasteiger partial charge < -0.3 is 25.0 Å². The van der Waals surface area contributed by atoms with Gasteiger partial charge in [-0.2, -0.15) is 0 Å². The smallest absolute Gasteiger partial charge is 0.410 e. The van der Waals surface area contributed by atoms with E-state index in [1.807, 2.05) is 20.8 Å². The Bertz CT molecular complexity index is 347. The first-order chi connectivity index (χ1) is 9.81. The van der Waals surface area contributed by atoms with E-state index in [1.54, 1.807) is 12.0 Å². The maximum atomic E-state index is 11.9. The minimum absolute atomic E-state index is 0.0891. The fourth-order valence-electron chi connectivity index (χ4n) is 2.04. The van der Waals surface area contributed by atoms with Crippen LogP contribution >= 0.6 is 0 Å². The molecule has 0 aromatic rings. The van der Waals surface area contributed by atoms with E-state index in [1.165, 1.54) is 0 Å². The summed E-state index contributed by atoms with van der Waals surface area (Å²) in [5, 5.41) is 5.62. The van der Waals surface area contributed by atoms with Gasteiger partial charge in [-0.3, -0.25) is 0 Å². The molecule has 122 valence electrons. The quantitative estimate of drug-likeness (QED) is 0.768. The largest absolute Gasteiger partial charge is 0.444 e. The summed E-state index contributed by atoms with van der Waals surface area (Å²) < 4.78 is 10.2. The van der Waals surface area contributed by atoms with Crippen molar-refractivity contribution in [3.63, 3.8) is 0 Å². The van der Waals surface area contributed by atoms with Gasteiger partial charge in [-0.15, -0.1) is 0 Å². The van der Waals surface area contributed by atoms with E-state index in [0.29, 0.717) is 26.2 Å². The molecule has 0 aromatic carbocycles. The lowest BCUT2D eigenvalue weighted by atomic mass is 10.1. The van der Waals surface area contributed by atoms with Crippen molar-refractivity contribution in [2.24, 2.45) is 0 Å². The predicted molar refractivity (Wildman–Crippen MR) is 79.2 cm³/mol. The second kappa shape index (κ2) is 8.07. The first kappa shape index (κ1) is 17.6. The van der Waals surface area contributed by atoms with Gasteiger partial charge in [0.2, 0.25) is 0 Å². The standard InChI is InChI=1S/C14H27N3O4/c1-14(2,3)21-13(19)17-8-5-11(6-9-17)16-12(18)15-7-10-20-4/h11H,5-10H2,1-4H3,(H2,15,16,18). The first-order valence-corrected chi connectivity index (χ1v) is 7.33. The number of piperidine rings is 1. The number of rotatable bonds is 4. The van der Waals surface area contributed by atoms with Crippen molar-refractivity contribution >= 4 is 12.1 Å². The van der Waals surface area contributed by atoms with Crippen LogP contribution in [0.3, 0.4) is 0 Å². The number of methoxy groups -OCH3 is 1. The Kier molecular flexibility index (Phi) is 6.74. The molecular formula is C14H27N3O4. The molecule has 1 fully saturated rings. The van der Waals surface area contributed by atoms with E-state index in [2.05, 4.69) is 10.6 Å². The number of nitrogens with zero attached hydrogens (tertiary/aromatic N) is 1. The summed E-state index contributed by atoms with van der Waals surface area (Å²) in [6.45, 7) is 7.72. The van der Waals surface area contributed by atoms with Crippen molar-refractivity contribution in [3.05, 3.63) is 0 Å². The van der Waals surface area contributed by atoms with Crippen LogP contribution in [-0.4, -0.2) is 62.0 Å². The van der Waals surface area contributed by atoms with Gasteiger partial charge in [-0.1, -0.05) is 0 Å². The van der Waals surface area contributed by atoms with Crippen molar-refractivity contribution in [2.75, 3.05) is 33.4 Å². The van der Waals surface area contributed by atoms with Crippen molar-refractivity contribution in [1.82, 2.24) is 15.5 Å². The molecule has 0 unspecified atom stereocenters. The molecule has 0 aromatic heterocycles. The second-order valence-electron chi connectivity index (χ2n) is 6.13. The number of nitrogens with one attached hydrogen (secondary N) is 2. The van der Waals surface area contributed by atoms with Gasteiger partial charge in [-0.25, -0.2) is 9.59 Å². The summed E-state index contributed by atoms with van der Waals surface area (Å²) in [7, 11) is 1.59. The average Bonchev–Trinajstić information content (AvgIpc) is 2.38. The maximum Gasteiger partial charge on any atom is 0.410 e. The highest BCUT2D eigenvalue weighted by molar-refractivity contribution is 5.74. The summed E-state index contributed by atoms with van der Waals surface area (Å²) in [6, 6.07) is -0.103. The van der Waals surface area contributed by atoms with Crippen LogP contribution in [0.25, 0.3) is 0 Å². The van der Waals surface area contributed by atoms with E-state index < -0.39 is 5.60 Å². The van der Waals surface area contributed by atoms with Gasteiger partial charge in [0.25, 0.3) is 0 Å². The number of carbonyl (C=O) groups excluding carboxylic acids is 2. The fourth-order valence-corrected chi connectivity index (χ4v) is 2.04. The molecule has 0 bridgehead atoms. The molecule has 2 N–H and O–H groups in total. The Hall–Kier alpha value is -1.50. The zero-order valence-corrected chi connectivity index (χ0v) is 13.4. The summed E-state index contributed by atoms with van der Waals surface area (Å²) in [4.78, 5) is 25.2. The number of hydrogen-bond donors (Lipinski definition) is 2. The zero-order chi connectivity index (χ0) is 15.9. The highest BCUT2D eigenvalue weighted by Crippen LogP contribution is 2.15. The van der Waals surface area contributed by atoms with Crippen LogP contribution in [0, 0.1) is 0 Å². The number of carbonyl (C=O) groups is 2. The van der Waals surface area contributed by atoms with Gasteiger partial charge in [0, 0.05) is 32.8 Å². The molecule has 21 heavy (non-hydrogen) atoms. The van der Waals surface area contributed by atoms with Crippen molar-refractivity contribution in [2.45, 2.75) is 45.3 Å². The molecule has 0 spiro atoms. The van der Waals surface area contributed by atoms with Crippen LogP contribution in [0.15, 0.2) is 0 Å². The number of ether oxygens (including phenoxy) is 2. The predicted octanol–water partition coefficient (Wildman–Crippen LogP) is 1.33.